The second kappa shape index (κ2) is 10.6. The first kappa shape index (κ1) is 25.6. The highest BCUT2D eigenvalue weighted by atomic mass is 35.5. The fourth-order valence-corrected chi connectivity index (χ4v) is 4.59. The molecule has 1 aliphatic heterocycles. The summed E-state index contributed by atoms with van der Waals surface area (Å²) in [6, 6.07) is 8.23. The largest absolute Gasteiger partial charge is 0.358 e. The second-order valence-corrected chi connectivity index (χ2v) is 8.96. The molecule has 0 unspecified atom stereocenters. The summed E-state index contributed by atoms with van der Waals surface area (Å²) in [7, 11) is 0. The molecule has 3 aromatic rings. The third-order valence-corrected chi connectivity index (χ3v) is 6.54. The molecule has 1 aliphatic rings. The van der Waals surface area contributed by atoms with E-state index in [0.29, 0.717) is 46.3 Å². The maximum Gasteiger partial charge on any atom is 0.256 e. The number of hydrogen-bond donors (Lipinski definition) is 3. The van der Waals surface area contributed by atoms with Crippen molar-refractivity contribution in [1.82, 2.24) is 15.2 Å². The van der Waals surface area contributed by atoms with Crippen LogP contribution in [0.15, 0.2) is 36.4 Å². The molecule has 2 aromatic carbocycles. The molecule has 9 heteroatoms. The van der Waals surface area contributed by atoms with Gasteiger partial charge in [-0.25, -0.2) is 8.78 Å². The molecule has 0 radical (unpaired) electrons. The summed E-state index contributed by atoms with van der Waals surface area (Å²) in [6.07, 6.45) is 1.56. The number of aromatic nitrogens is 1. The van der Waals surface area contributed by atoms with Gasteiger partial charge in [0.25, 0.3) is 11.8 Å². The number of nitrogens with one attached hydrogen (secondary N) is 3. The average Bonchev–Trinajstić information content (AvgIpc) is 3.32. The van der Waals surface area contributed by atoms with Crippen LogP contribution in [0.3, 0.4) is 0 Å². The highest BCUT2D eigenvalue weighted by Crippen LogP contribution is 2.38. The molecule has 2 amide bonds. The average molecular weight is 513 g/mol. The normalized spacial score (nSPS) is 13.9. The molecule has 2 heterocycles. The Labute approximate surface area is 213 Å². The number of carbonyl (C=O) groups is 2. The maximum absolute atomic E-state index is 15.0. The van der Waals surface area contributed by atoms with Gasteiger partial charge in [-0.05, 0) is 56.4 Å². The zero-order chi connectivity index (χ0) is 26.0. The van der Waals surface area contributed by atoms with Crippen molar-refractivity contribution in [3.63, 3.8) is 0 Å². The van der Waals surface area contributed by atoms with Gasteiger partial charge in [-0.15, -0.1) is 0 Å². The van der Waals surface area contributed by atoms with Crippen LogP contribution in [0.1, 0.15) is 41.2 Å². The highest BCUT2D eigenvalue weighted by Gasteiger charge is 2.28. The molecule has 0 saturated heterocycles. The van der Waals surface area contributed by atoms with Crippen LogP contribution in [0, 0.1) is 18.6 Å². The summed E-state index contributed by atoms with van der Waals surface area (Å²) in [5.41, 5.74) is 2.88. The van der Waals surface area contributed by atoms with Crippen LogP contribution < -0.4 is 10.6 Å². The summed E-state index contributed by atoms with van der Waals surface area (Å²) in [6.45, 7) is 8.56. The van der Waals surface area contributed by atoms with Gasteiger partial charge in [0.2, 0.25) is 0 Å². The first-order valence-corrected chi connectivity index (χ1v) is 12.1. The van der Waals surface area contributed by atoms with Crippen molar-refractivity contribution in [2.75, 3.05) is 31.5 Å². The zero-order valence-corrected chi connectivity index (χ0v) is 21.0. The molecule has 0 spiro atoms. The van der Waals surface area contributed by atoms with Crippen LogP contribution in [0.5, 0.6) is 0 Å². The number of likely N-dealkylation sites (N-methyl/N-ethyl adjacent to an activating group) is 1. The summed E-state index contributed by atoms with van der Waals surface area (Å²) in [5, 5.41) is 6.14. The second-order valence-electron chi connectivity index (χ2n) is 8.52. The Hall–Kier alpha value is -3.49. The van der Waals surface area contributed by atoms with Gasteiger partial charge in [0, 0.05) is 57.9 Å². The van der Waals surface area contributed by atoms with Crippen LogP contribution >= 0.6 is 11.6 Å². The van der Waals surface area contributed by atoms with E-state index in [1.165, 1.54) is 6.07 Å². The summed E-state index contributed by atoms with van der Waals surface area (Å²) >= 11 is 6.15. The third-order valence-electron chi connectivity index (χ3n) is 6.31. The smallest absolute Gasteiger partial charge is 0.256 e. The van der Waals surface area contributed by atoms with Gasteiger partial charge >= 0.3 is 0 Å². The predicted molar refractivity (Wildman–Crippen MR) is 139 cm³/mol. The number of hydrogen-bond acceptors (Lipinski definition) is 3. The Morgan fingerprint density at radius 3 is 2.56 bits per heavy atom. The van der Waals surface area contributed by atoms with E-state index < -0.39 is 17.5 Å². The fraction of sp³-hybridized carbons (Fsp3) is 0.259. The minimum absolute atomic E-state index is 0.0474. The number of anilines is 1. The number of carbonyl (C=O) groups excluding carboxylic acids is 2. The van der Waals surface area contributed by atoms with E-state index in [9.17, 15) is 18.4 Å². The number of aromatic amines is 1. The quantitative estimate of drug-likeness (QED) is 0.349. The minimum atomic E-state index is -0.815. The van der Waals surface area contributed by atoms with Crippen molar-refractivity contribution in [2.24, 2.45) is 0 Å². The van der Waals surface area contributed by atoms with Crippen LogP contribution in [-0.4, -0.2) is 47.9 Å². The monoisotopic (exact) mass is 512 g/mol. The maximum atomic E-state index is 15.0. The molecule has 0 aliphatic carbocycles. The lowest BCUT2D eigenvalue weighted by atomic mass is 9.97. The van der Waals surface area contributed by atoms with Gasteiger partial charge in [-0.1, -0.05) is 25.4 Å². The molecule has 0 bridgehead atoms. The van der Waals surface area contributed by atoms with Gasteiger partial charge in [0.05, 0.1) is 11.1 Å². The Morgan fingerprint density at radius 2 is 1.86 bits per heavy atom. The SMILES string of the molecule is CCN(CC)CCNC(=O)c1c(C)[nH]c(C=C2C(=O)Nc3ccc(Cl)cc32)c1-c1ccc(F)cc1F. The Kier molecular flexibility index (Phi) is 7.56. The molecule has 36 heavy (non-hydrogen) atoms. The van der Waals surface area contributed by atoms with Gasteiger partial charge in [-0.2, -0.15) is 0 Å². The van der Waals surface area contributed by atoms with Crippen LogP contribution in [0.2, 0.25) is 5.02 Å². The van der Waals surface area contributed by atoms with E-state index in [1.807, 2.05) is 13.8 Å². The number of nitrogens with zero attached hydrogens (tertiary/aromatic N) is 1. The molecule has 0 fully saturated rings. The van der Waals surface area contributed by atoms with Crippen molar-refractivity contribution >= 4 is 40.8 Å². The standard InChI is InChI=1S/C27H27ClF2N4O2/c1-4-34(5-2)11-10-31-27(36)24-15(3)32-23(25(24)18-8-7-17(29)13-21(18)30)14-20-19-12-16(28)6-9-22(19)33-26(20)35/h6-9,12-14,32H,4-5,10-11H2,1-3H3,(H,31,36)(H,33,35). The Balaban J connectivity index is 1.81. The number of rotatable bonds is 8. The number of benzene rings is 2. The molecule has 0 saturated carbocycles. The number of fused-ring (bicyclic) bond motifs is 1. The lowest BCUT2D eigenvalue weighted by Crippen LogP contribution is -2.35. The number of halogens is 3. The van der Waals surface area contributed by atoms with Gasteiger partial charge in [0.15, 0.2) is 0 Å². The van der Waals surface area contributed by atoms with Gasteiger partial charge < -0.3 is 20.5 Å². The minimum Gasteiger partial charge on any atom is -0.358 e. The van der Waals surface area contributed by atoms with Crippen molar-refractivity contribution in [3.8, 4) is 11.1 Å². The molecular formula is C27H27ClF2N4O2. The molecule has 0 atom stereocenters. The molecule has 4 rings (SSSR count). The lowest BCUT2D eigenvalue weighted by molar-refractivity contribution is -0.110. The van der Waals surface area contributed by atoms with E-state index in [-0.39, 0.29) is 22.6 Å². The summed E-state index contributed by atoms with van der Waals surface area (Å²) in [4.78, 5) is 31.3. The first-order chi connectivity index (χ1) is 17.2. The molecule has 6 nitrogen and oxygen atoms in total. The predicted octanol–water partition coefficient (Wildman–Crippen LogP) is 5.49. The third kappa shape index (κ3) is 5.05. The van der Waals surface area contributed by atoms with Gasteiger partial charge in [0.1, 0.15) is 11.6 Å². The Bertz CT molecular complexity index is 1360. The van der Waals surface area contributed by atoms with Crippen LogP contribution in [0.4, 0.5) is 14.5 Å². The lowest BCUT2D eigenvalue weighted by Gasteiger charge is -2.18. The summed E-state index contributed by atoms with van der Waals surface area (Å²) in [5.74, 6) is -2.29. The van der Waals surface area contributed by atoms with E-state index in [2.05, 4.69) is 20.5 Å². The van der Waals surface area contributed by atoms with Gasteiger partial charge in [-0.3, -0.25) is 9.59 Å². The molecule has 1 aromatic heterocycles. The number of amides is 2. The van der Waals surface area contributed by atoms with E-state index >= 15 is 0 Å². The van der Waals surface area contributed by atoms with Crippen LogP contribution in [0.25, 0.3) is 22.8 Å². The summed E-state index contributed by atoms with van der Waals surface area (Å²) < 4.78 is 28.7. The van der Waals surface area contributed by atoms with E-state index in [1.54, 1.807) is 31.2 Å². The molecule has 3 N–H and O–H groups in total. The fourth-order valence-electron chi connectivity index (χ4n) is 4.42. The first-order valence-electron chi connectivity index (χ1n) is 11.7. The topological polar surface area (TPSA) is 77.2 Å². The zero-order valence-electron chi connectivity index (χ0n) is 20.3. The van der Waals surface area contributed by atoms with E-state index in [0.717, 1.165) is 25.2 Å². The van der Waals surface area contributed by atoms with Crippen molar-refractivity contribution in [2.45, 2.75) is 20.8 Å². The molecular weight excluding hydrogens is 486 g/mol. The van der Waals surface area contributed by atoms with Crippen LogP contribution in [-0.2, 0) is 4.79 Å². The van der Waals surface area contributed by atoms with Crippen molar-refractivity contribution in [1.29, 1.82) is 0 Å². The van der Waals surface area contributed by atoms with Crippen molar-refractivity contribution in [3.05, 3.63) is 75.6 Å². The highest BCUT2D eigenvalue weighted by molar-refractivity contribution is 6.37. The molecule has 188 valence electrons. The van der Waals surface area contributed by atoms with Crippen molar-refractivity contribution < 1.29 is 18.4 Å². The van der Waals surface area contributed by atoms with E-state index in [4.69, 9.17) is 11.6 Å². The number of H-pyrrole nitrogens is 1. The Morgan fingerprint density at radius 1 is 1.11 bits per heavy atom. The number of aryl methyl sites for hydroxylation is 1.